The van der Waals surface area contributed by atoms with Crippen molar-refractivity contribution in [3.63, 3.8) is 0 Å². The van der Waals surface area contributed by atoms with Crippen LogP contribution in [0.4, 0.5) is 0 Å². The van der Waals surface area contributed by atoms with Crippen molar-refractivity contribution in [2.45, 2.75) is 0 Å². The maximum absolute atomic E-state index is 10.6. The van der Waals surface area contributed by atoms with E-state index in [9.17, 15) is 4.79 Å². The molecule has 0 unspecified atom stereocenters. The molecular weight excluding hydrogens is 274 g/mol. The van der Waals surface area contributed by atoms with Crippen LogP contribution in [-0.4, -0.2) is 20.1 Å². The molecule has 0 aliphatic carbocycles. The normalized spacial score (nSPS) is 10.4. The molecule has 0 saturated carbocycles. The lowest BCUT2D eigenvalue weighted by Gasteiger charge is -2.10. The fraction of sp³-hybridized carbons (Fsp3) is 0.182. The molecule has 0 aliphatic heterocycles. The average molecular weight is 286 g/mol. The van der Waals surface area contributed by atoms with E-state index >= 15 is 0 Å². The maximum Gasteiger partial charge on any atom is 0.241 e. The number of nitrogens with two attached hydrogens (primary N) is 1. The summed E-state index contributed by atoms with van der Waals surface area (Å²) in [5, 5.41) is 0. The van der Waals surface area contributed by atoms with Crippen molar-refractivity contribution in [3.8, 4) is 11.5 Å². The standard InChI is InChI=1S/C11H12BrNO3/c1-15-9-6-7(3-4-10(13)14)5-8(12)11(9)16-2/h3-6H,1-2H3,(H2,13,14)/b4-3-. The molecule has 16 heavy (non-hydrogen) atoms. The molecule has 4 nitrogen and oxygen atoms in total. The number of ether oxygens (including phenoxy) is 2. The van der Waals surface area contributed by atoms with Crippen molar-refractivity contribution in [1.29, 1.82) is 0 Å². The first kappa shape index (κ1) is 12.6. The molecule has 1 amide bonds. The van der Waals surface area contributed by atoms with Crippen LogP contribution >= 0.6 is 15.9 Å². The molecule has 1 aromatic rings. The number of amides is 1. The van der Waals surface area contributed by atoms with E-state index < -0.39 is 5.91 Å². The highest BCUT2D eigenvalue weighted by atomic mass is 79.9. The van der Waals surface area contributed by atoms with E-state index in [1.165, 1.54) is 6.08 Å². The minimum Gasteiger partial charge on any atom is -0.493 e. The molecule has 0 saturated heterocycles. The minimum absolute atomic E-state index is 0.495. The van der Waals surface area contributed by atoms with Gasteiger partial charge in [0.2, 0.25) is 5.91 Å². The minimum atomic E-state index is -0.495. The molecule has 0 bridgehead atoms. The number of rotatable bonds is 4. The molecule has 0 atom stereocenters. The zero-order chi connectivity index (χ0) is 12.1. The fourth-order valence-corrected chi connectivity index (χ4v) is 1.83. The molecule has 86 valence electrons. The molecular formula is C11H12BrNO3. The van der Waals surface area contributed by atoms with Crippen LogP contribution < -0.4 is 15.2 Å². The highest BCUT2D eigenvalue weighted by molar-refractivity contribution is 9.10. The van der Waals surface area contributed by atoms with Crippen LogP contribution in [0.25, 0.3) is 6.08 Å². The third-order valence-electron chi connectivity index (χ3n) is 1.90. The second-order valence-electron chi connectivity index (χ2n) is 2.97. The molecule has 0 radical (unpaired) electrons. The Morgan fingerprint density at radius 3 is 2.56 bits per heavy atom. The molecule has 0 aromatic heterocycles. The van der Waals surface area contributed by atoms with Crippen LogP contribution in [0.15, 0.2) is 22.7 Å². The monoisotopic (exact) mass is 285 g/mol. The number of methoxy groups -OCH3 is 2. The summed E-state index contributed by atoms with van der Waals surface area (Å²) in [6.45, 7) is 0. The summed E-state index contributed by atoms with van der Waals surface area (Å²) in [4.78, 5) is 10.6. The quantitative estimate of drug-likeness (QED) is 0.861. The third-order valence-corrected chi connectivity index (χ3v) is 2.48. The largest absolute Gasteiger partial charge is 0.493 e. The first-order chi connectivity index (χ1) is 7.58. The Labute approximate surface area is 102 Å². The van der Waals surface area contributed by atoms with Crippen molar-refractivity contribution in [2.24, 2.45) is 5.73 Å². The Kier molecular flexibility index (Phi) is 4.37. The van der Waals surface area contributed by atoms with Crippen LogP contribution in [-0.2, 0) is 4.79 Å². The average Bonchev–Trinajstić information content (AvgIpc) is 2.25. The van der Waals surface area contributed by atoms with Crippen LogP contribution in [0, 0.1) is 0 Å². The van der Waals surface area contributed by atoms with Crippen LogP contribution in [0.2, 0.25) is 0 Å². The highest BCUT2D eigenvalue weighted by Gasteiger charge is 2.09. The van der Waals surface area contributed by atoms with Crippen molar-refractivity contribution in [1.82, 2.24) is 0 Å². The van der Waals surface area contributed by atoms with Crippen molar-refractivity contribution in [3.05, 3.63) is 28.2 Å². The van der Waals surface area contributed by atoms with Gasteiger partial charge in [0.05, 0.1) is 18.7 Å². The SMILES string of the molecule is COc1cc(/C=C\C(N)=O)cc(Br)c1OC. The van der Waals surface area contributed by atoms with Gasteiger partial charge in [-0.05, 0) is 39.7 Å². The number of halogens is 1. The van der Waals surface area contributed by atoms with Gasteiger partial charge in [0, 0.05) is 6.08 Å². The summed E-state index contributed by atoms with van der Waals surface area (Å²) in [6, 6.07) is 3.56. The Morgan fingerprint density at radius 1 is 1.38 bits per heavy atom. The van der Waals surface area contributed by atoms with Gasteiger partial charge in [0.25, 0.3) is 0 Å². The van der Waals surface area contributed by atoms with Gasteiger partial charge in [0.1, 0.15) is 0 Å². The topological polar surface area (TPSA) is 61.5 Å². The van der Waals surface area contributed by atoms with Crippen molar-refractivity contribution in [2.75, 3.05) is 14.2 Å². The van der Waals surface area contributed by atoms with E-state index in [-0.39, 0.29) is 0 Å². The van der Waals surface area contributed by atoms with Gasteiger partial charge < -0.3 is 15.2 Å². The van der Waals surface area contributed by atoms with E-state index in [4.69, 9.17) is 15.2 Å². The lowest BCUT2D eigenvalue weighted by Crippen LogP contribution is -2.05. The van der Waals surface area contributed by atoms with E-state index in [1.807, 2.05) is 0 Å². The van der Waals surface area contributed by atoms with Gasteiger partial charge in [0.15, 0.2) is 11.5 Å². The van der Waals surface area contributed by atoms with E-state index in [0.29, 0.717) is 11.5 Å². The number of benzene rings is 1. The summed E-state index contributed by atoms with van der Waals surface area (Å²) in [5.41, 5.74) is 5.81. The van der Waals surface area contributed by atoms with Crippen LogP contribution in [0.1, 0.15) is 5.56 Å². The number of carbonyl (C=O) groups excluding carboxylic acids is 1. The van der Waals surface area contributed by atoms with Crippen molar-refractivity contribution < 1.29 is 14.3 Å². The summed E-state index contributed by atoms with van der Waals surface area (Å²) in [5.74, 6) is 0.700. The molecule has 0 spiro atoms. The van der Waals surface area contributed by atoms with Gasteiger partial charge >= 0.3 is 0 Å². The number of carbonyl (C=O) groups is 1. The molecule has 0 heterocycles. The summed E-state index contributed by atoms with van der Waals surface area (Å²) < 4.78 is 11.1. The molecule has 0 aliphatic rings. The zero-order valence-corrected chi connectivity index (χ0v) is 10.6. The molecule has 0 fully saturated rings. The Hall–Kier alpha value is -1.49. The summed E-state index contributed by atoms with van der Waals surface area (Å²) >= 11 is 3.35. The van der Waals surface area contributed by atoms with Gasteiger partial charge in [-0.15, -0.1) is 0 Å². The first-order valence-corrected chi connectivity index (χ1v) is 5.26. The van der Waals surface area contributed by atoms with E-state index in [0.717, 1.165) is 10.0 Å². The van der Waals surface area contributed by atoms with Crippen LogP contribution in [0.5, 0.6) is 11.5 Å². The number of hydrogen-bond donors (Lipinski definition) is 1. The number of hydrogen-bond acceptors (Lipinski definition) is 3. The summed E-state index contributed by atoms with van der Waals surface area (Å²) in [7, 11) is 3.10. The molecule has 1 rings (SSSR count). The second-order valence-corrected chi connectivity index (χ2v) is 3.83. The lowest BCUT2D eigenvalue weighted by atomic mass is 10.2. The summed E-state index contributed by atoms with van der Waals surface area (Å²) in [6.07, 6.45) is 2.89. The Balaban J connectivity index is 3.15. The van der Waals surface area contributed by atoms with Gasteiger partial charge in [-0.1, -0.05) is 0 Å². The fourth-order valence-electron chi connectivity index (χ4n) is 1.21. The van der Waals surface area contributed by atoms with E-state index in [1.54, 1.807) is 32.4 Å². The van der Waals surface area contributed by atoms with Gasteiger partial charge in [-0.25, -0.2) is 0 Å². The Morgan fingerprint density at radius 2 is 2.06 bits per heavy atom. The molecule has 1 aromatic carbocycles. The molecule has 2 N–H and O–H groups in total. The van der Waals surface area contributed by atoms with Crippen molar-refractivity contribution >= 4 is 27.9 Å². The predicted molar refractivity (Wildman–Crippen MR) is 65.5 cm³/mol. The Bertz CT molecular complexity index is 429. The van der Waals surface area contributed by atoms with E-state index in [2.05, 4.69) is 15.9 Å². The number of primary amides is 1. The lowest BCUT2D eigenvalue weighted by molar-refractivity contribution is -0.113. The first-order valence-electron chi connectivity index (χ1n) is 4.47. The third kappa shape index (κ3) is 3.00. The van der Waals surface area contributed by atoms with Gasteiger partial charge in [-0.2, -0.15) is 0 Å². The zero-order valence-electron chi connectivity index (χ0n) is 8.99. The molecule has 5 heteroatoms. The predicted octanol–water partition coefficient (Wildman–Crippen LogP) is 1.96. The van der Waals surface area contributed by atoms with Crippen LogP contribution in [0.3, 0.4) is 0 Å². The second kappa shape index (κ2) is 5.55. The van der Waals surface area contributed by atoms with Gasteiger partial charge in [-0.3, -0.25) is 4.79 Å². The highest BCUT2D eigenvalue weighted by Crippen LogP contribution is 2.36. The smallest absolute Gasteiger partial charge is 0.241 e. The maximum atomic E-state index is 10.6.